The van der Waals surface area contributed by atoms with Gasteiger partial charge in [0, 0.05) is 0 Å². The molecule has 3 nitrogen and oxygen atoms in total. The average Bonchev–Trinajstić information content (AvgIpc) is 2.26. The molecule has 0 aliphatic carbocycles. The van der Waals surface area contributed by atoms with Crippen LogP contribution in [0.2, 0.25) is 0 Å². The molecule has 76 valence electrons. The zero-order chi connectivity index (χ0) is 10.7. The Morgan fingerprint density at radius 3 is 2.67 bits per heavy atom. The Kier molecular flexibility index (Phi) is 2.54. The second-order valence-corrected chi connectivity index (χ2v) is 3.19. The molecule has 0 amide bonds. The van der Waals surface area contributed by atoms with E-state index in [2.05, 4.69) is 4.74 Å². The van der Waals surface area contributed by atoms with Gasteiger partial charge in [0.1, 0.15) is 6.61 Å². The smallest absolute Gasteiger partial charge is 0.450 e. The van der Waals surface area contributed by atoms with Crippen molar-refractivity contribution in [1.82, 2.24) is 0 Å². The summed E-state index contributed by atoms with van der Waals surface area (Å²) in [4.78, 5) is 10.3. The summed E-state index contributed by atoms with van der Waals surface area (Å²) < 4.78 is 4.55. The first-order valence-electron chi connectivity index (χ1n) is 4.60. The van der Waals surface area contributed by atoms with Crippen LogP contribution in [0.5, 0.6) is 0 Å². The second-order valence-electron chi connectivity index (χ2n) is 3.19. The minimum Gasteiger partial charge on any atom is -0.450 e. The molecule has 2 aromatic carbocycles. The van der Waals surface area contributed by atoms with Gasteiger partial charge in [-0.05, 0) is 16.3 Å². The van der Waals surface area contributed by atoms with E-state index < -0.39 is 6.16 Å². The monoisotopic (exact) mass is 202 g/mol. The van der Waals surface area contributed by atoms with Crippen LogP contribution in [0.1, 0.15) is 5.56 Å². The Bertz CT molecular complexity index is 486. The predicted octanol–water partition coefficient (Wildman–Crippen LogP) is 3.03. The van der Waals surface area contributed by atoms with Crippen LogP contribution in [-0.4, -0.2) is 11.3 Å². The van der Waals surface area contributed by atoms with E-state index in [9.17, 15) is 4.79 Å². The topological polar surface area (TPSA) is 46.5 Å². The van der Waals surface area contributed by atoms with Crippen LogP contribution in [0.25, 0.3) is 10.8 Å². The molecule has 1 N–H and O–H groups in total. The molecule has 0 atom stereocenters. The first-order chi connectivity index (χ1) is 7.27. The Balaban J connectivity index is 2.38. The molecule has 0 spiro atoms. The first kappa shape index (κ1) is 9.52. The van der Waals surface area contributed by atoms with Gasteiger partial charge in [0.15, 0.2) is 0 Å². The zero-order valence-corrected chi connectivity index (χ0v) is 8.01. The number of fused-ring (bicyclic) bond motifs is 1. The highest BCUT2D eigenvalue weighted by Crippen LogP contribution is 2.18. The summed E-state index contributed by atoms with van der Waals surface area (Å²) in [6.45, 7) is 0.0939. The number of hydrogen-bond acceptors (Lipinski definition) is 2. The van der Waals surface area contributed by atoms with Crippen LogP contribution in [0.3, 0.4) is 0 Å². The van der Waals surface area contributed by atoms with Gasteiger partial charge in [-0.3, -0.25) is 0 Å². The molecular weight excluding hydrogens is 192 g/mol. The van der Waals surface area contributed by atoms with Gasteiger partial charge in [0.05, 0.1) is 0 Å². The van der Waals surface area contributed by atoms with Crippen LogP contribution in [0, 0.1) is 0 Å². The Hall–Kier alpha value is -2.03. The number of benzene rings is 2. The van der Waals surface area contributed by atoms with E-state index >= 15 is 0 Å². The van der Waals surface area contributed by atoms with Crippen molar-refractivity contribution >= 4 is 16.9 Å². The fourth-order valence-electron chi connectivity index (χ4n) is 1.56. The lowest BCUT2D eigenvalue weighted by atomic mass is 10.1. The molecule has 15 heavy (non-hydrogen) atoms. The van der Waals surface area contributed by atoms with Crippen molar-refractivity contribution in [2.24, 2.45) is 0 Å². The summed E-state index contributed by atoms with van der Waals surface area (Å²) >= 11 is 0. The minimum atomic E-state index is -1.25. The van der Waals surface area contributed by atoms with Crippen LogP contribution >= 0.6 is 0 Å². The maximum atomic E-state index is 10.3. The molecule has 0 saturated heterocycles. The van der Waals surface area contributed by atoms with E-state index in [0.717, 1.165) is 16.3 Å². The number of rotatable bonds is 2. The number of carboxylic acid groups (broad SMARTS) is 1. The van der Waals surface area contributed by atoms with Gasteiger partial charge in [0.25, 0.3) is 0 Å². The summed E-state index contributed by atoms with van der Waals surface area (Å²) in [7, 11) is 0. The fourth-order valence-corrected chi connectivity index (χ4v) is 1.56. The second kappa shape index (κ2) is 4.00. The molecule has 0 fully saturated rings. The van der Waals surface area contributed by atoms with Crippen molar-refractivity contribution in [1.29, 1.82) is 0 Å². The molecule has 0 bridgehead atoms. The van der Waals surface area contributed by atoms with Gasteiger partial charge < -0.3 is 9.84 Å². The van der Waals surface area contributed by atoms with Gasteiger partial charge >= 0.3 is 6.16 Å². The number of hydrogen-bond donors (Lipinski definition) is 1. The Morgan fingerprint density at radius 1 is 1.13 bits per heavy atom. The summed E-state index contributed by atoms with van der Waals surface area (Å²) in [6.07, 6.45) is -1.25. The first-order valence-corrected chi connectivity index (χ1v) is 4.60. The van der Waals surface area contributed by atoms with E-state index in [4.69, 9.17) is 5.11 Å². The third-order valence-electron chi connectivity index (χ3n) is 2.23. The largest absolute Gasteiger partial charge is 0.506 e. The lowest BCUT2D eigenvalue weighted by Gasteiger charge is -2.05. The van der Waals surface area contributed by atoms with Crippen LogP contribution in [0.4, 0.5) is 4.79 Å². The Morgan fingerprint density at radius 2 is 1.87 bits per heavy atom. The maximum absolute atomic E-state index is 10.3. The average molecular weight is 202 g/mol. The van der Waals surface area contributed by atoms with Crippen LogP contribution in [0.15, 0.2) is 42.5 Å². The van der Waals surface area contributed by atoms with E-state index in [1.165, 1.54) is 0 Å². The van der Waals surface area contributed by atoms with Crippen molar-refractivity contribution in [3.63, 3.8) is 0 Å². The predicted molar refractivity (Wildman–Crippen MR) is 56.8 cm³/mol. The van der Waals surface area contributed by atoms with Crippen LogP contribution < -0.4 is 0 Å². The van der Waals surface area contributed by atoms with E-state index in [1.54, 1.807) is 0 Å². The minimum absolute atomic E-state index is 0.0939. The van der Waals surface area contributed by atoms with Gasteiger partial charge in [-0.1, -0.05) is 42.5 Å². The molecule has 2 aromatic rings. The van der Waals surface area contributed by atoms with E-state index in [1.807, 2.05) is 42.5 Å². The summed E-state index contributed by atoms with van der Waals surface area (Å²) in [5.41, 5.74) is 0.885. The van der Waals surface area contributed by atoms with E-state index in [-0.39, 0.29) is 6.61 Å². The standard InChI is InChI=1S/C12H10O3/c13-12(14)15-8-10-6-3-5-9-4-1-2-7-11(9)10/h1-7H,8H2,(H,13,14). The van der Waals surface area contributed by atoms with Crippen molar-refractivity contribution < 1.29 is 14.6 Å². The molecule has 3 heteroatoms. The SMILES string of the molecule is O=C(O)OCc1cccc2ccccc12. The highest BCUT2D eigenvalue weighted by atomic mass is 16.7. The lowest BCUT2D eigenvalue weighted by Crippen LogP contribution is -2.00. The van der Waals surface area contributed by atoms with E-state index in [0.29, 0.717) is 0 Å². The zero-order valence-electron chi connectivity index (χ0n) is 8.01. The molecule has 0 radical (unpaired) electrons. The quantitative estimate of drug-likeness (QED) is 0.761. The summed E-state index contributed by atoms with van der Waals surface area (Å²) in [5.74, 6) is 0. The normalized spacial score (nSPS) is 10.1. The van der Waals surface area contributed by atoms with Gasteiger partial charge in [0.2, 0.25) is 0 Å². The van der Waals surface area contributed by atoms with Crippen molar-refractivity contribution in [3.05, 3.63) is 48.0 Å². The molecular formula is C12H10O3. The lowest BCUT2D eigenvalue weighted by molar-refractivity contribution is 0.0857. The highest BCUT2D eigenvalue weighted by Gasteiger charge is 2.02. The molecule has 0 aliphatic rings. The van der Waals surface area contributed by atoms with Crippen molar-refractivity contribution in [2.45, 2.75) is 6.61 Å². The maximum Gasteiger partial charge on any atom is 0.506 e. The van der Waals surface area contributed by atoms with Crippen molar-refractivity contribution in [2.75, 3.05) is 0 Å². The highest BCUT2D eigenvalue weighted by molar-refractivity contribution is 5.85. The Labute approximate surface area is 86.9 Å². The molecule has 2 rings (SSSR count). The molecule has 0 saturated carbocycles. The van der Waals surface area contributed by atoms with Gasteiger partial charge in [-0.15, -0.1) is 0 Å². The van der Waals surface area contributed by atoms with Crippen molar-refractivity contribution in [3.8, 4) is 0 Å². The number of carbonyl (C=O) groups is 1. The third-order valence-corrected chi connectivity index (χ3v) is 2.23. The fraction of sp³-hybridized carbons (Fsp3) is 0.0833. The molecule has 0 aliphatic heterocycles. The molecule has 0 unspecified atom stereocenters. The third kappa shape index (κ3) is 2.07. The molecule has 0 heterocycles. The molecule has 0 aromatic heterocycles. The summed E-state index contributed by atoms with van der Waals surface area (Å²) in [5, 5.41) is 10.5. The number of ether oxygens (including phenoxy) is 1. The van der Waals surface area contributed by atoms with Gasteiger partial charge in [-0.25, -0.2) is 4.79 Å². The van der Waals surface area contributed by atoms with Crippen LogP contribution in [-0.2, 0) is 11.3 Å². The summed E-state index contributed by atoms with van der Waals surface area (Å²) in [6, 6.07) is 13.6. The van der Waals surface area contributed by atoms with Gasteiger partial charge in [-0.2, -0.15) is 0 Å².